The van der Waals surface area contributed by atoms with E-state index in [0.29, 0.717) is 52.5 Å². The summed E-state index contributed by atoms with van der Waals surface area (Å²) in [6, 6.07) is 21.4. The van der Waals surface area contributed by atoms with Gasteiger partial charge in [-0.05, 0) is 79.6 Å². The number of hydrogen-bond donors (Lipinski definition) is 4. The Morgan fingerprint density at radius 1 is 0.983 bits per heavy atom. The fraction of sp³-hybridized carbons (Fsp3) is 0.372. The molecule has 0 aliphatic carbocycles. The summed E-state index contributed by atoms with van der Waals surface area (Å²) in [6.45, 7) is 1.28. The molecule has 2 aliphatic rings. The molecule has 312 valence electrons. The minimum Gasteiger partial charge on any atom is -0.490 e. The average molecular weight is 836 g/mol. The lowest BCUT2D eigenvalue weighted by molar-refractivity contribution is -0.143. The lowest BCUT2D eigenvalue weighted by Crippen LogP contribution is -2.60. The van der Waals surface area contributed by atoms with E-state index in [1.54, 1.807) is 65.8 Å². The third-order valence-electron chi connectivity index (χ3n) is 10.6. The predicted octanol–water partition coefficient (Wildman–Crippen LogP) is 5.95. The van der Waals surface area contributed by atoms with Crippen LogP contribution in [-0.4, -0.2) is 101 Å². The second kappa shape index (κ2) is 18.4. The summed E-state index contributed by atoms with van der Waals surface area (Å²) in [7, 11) is 0. The van der Waals surface area contributed by atoms with E-state index in [1.807, 2.05) is 47.5 Å². The van der Waals surface area contributed by atoms with Crippen LogP contribution in [0, 0.1) is 12.8 Å². The van der Waals surface area contributed by atoms with Crippen molar-refractivity contribution in [1.29, 1.82) is 0 Å². The van der Waals surface area contributed by atoms with E-state index in [1.165, 1.54) is 0 Å². The number of aromatic nitrogens is 1. The minimum absolute atomic E-state index is 0.0333. The SMILES string of the molecule is Cc1ccncc1-c1ccc(CC(CC(O)CN2CCN(Cc3ccc(-c4ccc(Cl)cc4)o3)CC2C(=O)NCC(F)(F)F)C(=O)NC2c3ccccc3OCC2O)o1. The van der Waals surface area contributed by atoms with Crippen molar-refractivity contribution in [3.8, 4) is 28.4 Å². The van der Waals surface area contributed by atoms with Crippen LogP contribution in [0.1, 0.15) is 35.1 Å². The molecule has 5 atom stereocenters. The van der Waals surface area contributed by atoms with Gasteiger partial charge in [-0.3, -0.25) is 24.4 Å². The maximum atomic E-state index is 14.2. The number of furan rings is 2. The number of rotatable bonds is 14. The normalized spacial score (nSPS) is 19.7. The van der Waals surface area contributed by atoms with Gasteiger partial charge in [-0.15, -0.1) is 0 Å². The molecule has 0 radical (unpaired) electrons. The molecule has 1 saturated heterocycles. The molecule has 1 fully saturated rings. The Bertz CT molecular complexity index is 2210. The monoisotopic (exact) mass is 835 g/mol. The summed E-state index contributed by atoms with van der Waals surface area (Å²) >= 11 is 6.03. The Morgan fingerprint density at radius 3 is 2.51 bits per heavy atom. The van der Waals surface area contributed by atoms with Crippen LogP contribution < -0.4 is 15.4 Å². The lowest BCUT2D eigenvalue weighted by atomic mass is 9.92. The summed E-state index contributed by atoms with van der Waals surface area (Å²) in [5.41, 5.74) is 3.15. The first-order chi connectivity index (χ1) is 28.3. The van der Waals surface area contributed by atoms with E-state index in [4.69, 9.17) is 25.2 Å². The van der Waals surface area contributed by atoms with Crippen molar-refractivity contribution in [1.82, 2.24) is 25.4 Å². The zero-order valence-electron chi connectivity index (χ0n) is 32.2. The number of nitrogens with one attached hydrogen (secondary N) is 2. The van der Waals surface area contributed by atoms with Gasteiger partial charge in [-0.2, -0.15) is 13.2 Å². The zero-order valence-corrected chi connectivity index (χ0v) is 33.0. The number of β-amino-alcohol motifs (C(OH)–C–C–N with tert-alkyl or cyclic N) is 1. The van der Waals surface area contributed by atoms with Gasteiger partial charge in [0.2, 0.25) is 11.8 Å². The van der Waals surface area contributed by atoms with Crippen molar-refractivity contribution in [3.63, 3.8) is 0 Å². The molecule has 2 aromatic carbocycles. The second-order valence-corrected chi connectivity index (χ2v) is 15.4. The number of benzene rings is 2. The number of pyridine rings is 1. The molecule has 5 unspecified atom stereocenters. The second-order valence-electron chi connectivity index (χ2n) is 15.0. The molecule has 12 nitrogen and oxygen atoms in total. The van der Waals surface area contributed by atoms with Crippen LogP contribution in [0.15, 0.2) is 100 Å². The van der Waals surface area contributed by atoms with Crippen LogP contribution >= 0.6 is 11.6 Å². The molecule has 5 heterocycles. The van der Waals surface area contributed by atoms with E-state index in [-0.39, 0.29) is 39.1 Å². The fourth-order valence-electron chi connectivity index (χ4n) is 7.59. The number of fused-ring (bicyclic) bond motifs is 1. The van der Waals surface area contributed by atoms with Crippen molar-refractivity contribution in [2.75, 3.05) is 39.3 Å². The highest BCUT2D eigenvalue weighted by molar-refractivity contribution is 6.30. The summed E-state index contributed by atoms with van der Waals surface area (Å²) in [6.07, 6.45) is -3.51. The van der Waals surface area contributed by atoms with Crippen molar-refractivity contribution < 1.29 is 46.5 Å². The van der Waals surface area contributed by atoms with Gasteiger partial charge in [0.25, 0.3) is 0 Å². The summed E-state index contributed by atoms with van der Waals surface area (Å²) in [5, 5.41) is 28.1. The number of para-hydroxylation sites is 1. The molecule has 5 aromatic rings. The number of aliphatic hydroxyl groups excluding tert-OH is 2. The molecule has 0 saturated carbocycles. The average Bonchev–Trinajstić information content (AvgIpc) is 3.88. The van der Waals surface area contributed by atoms with Crippen molar-refractivity contribution in [2.24, 2.45) is 5.92 Å². The number of halogens is 4. The number of carbonyl (C=O) groups excluding carboxylic acids is 2. The first-order valence-corrected chi connectivity index (χ1v) is 19.7. The number of alkyl halides is 3. The molecule has 2 amide bonds. The number of hydrogen-bond acceptors (Lipinski definition) is 10. The number of aryl methyl sites for hydroxylation is 1. The summed E-state index contributed by atoms with van der Waals surface area (Å²) in [4.78, 5) is 35.3. The smallest absolute Gasteiger partial charge is 0.405 e. The van der Waals surface area contributed by atoms with Gasteiger partial charge in [0.05, 0.1) is 18.7 Å². The van der Waals surface area contributed by atoms with Crippen LogP contribution in [-0.2, 0) is 22.6 Å². The Kier molecular flexibility index (Phi) is 13.1. The quantitative estimate of drug-likeness (QED) is 0.106. The molecule has 0 spiro atoms. The van der Waals surface area contributed by atoms with Gasteiger partial charge in [-0.25, -0.2) is 0 Å². The highest BCUT2D eigenvalue weighted by Gasteiger charge is 2.38. The molecule has 7 rings (SSSR count). The number of aliphatic hydroxyl groups is 2. The maximum absolute atomic E-state index is 14.2. The van der Waals surface area contributed by atoms with E-state index in [9.17, 15) is 33.0 Å². The largest absolute Gasteiger partial charge is 0.490 e. The fourth-order valence-corrected chi connectivity index (χ4v) is 7.72. The highest BCUT2D eigenvalue weighted by Crippen LogP contribution is 2.33. The number of piperazine rings is 1. The van der Waals surface area contributed by atoms with E-state index in [2.05, 4.69) is 10.3 Å². The molecule has 0 bridgehead atoms. The van der Waals surface area contributed by atoms with E-state index < -0.39 is 54.7 Å². The van der Waals surface area contributed by atoms with Gasteiger partial charge < -0.3 is 34.4 Å². The molecular weight excluding hydrogens is 791 g/mol. The van der Waals surface area contributed by atoms with Gasteiger partial charge in [-0.1, -0.05) is 29.8 Å². The number of nitrogens with zero attached hydrogens (tertiary/aromatic N) is 3. The Labute approximate surface area is 343 Å². The van der Waals surface area contributed by atoms with Gasteiger partial charge in [0.15, 0.2) is 0 Å². The van der Waals surface area contributed by atoms with Crippen LogP contribution in [0.4, 0.5) is 13.2 Å². The van der Waals surface area contributed by atoms with Gasteiger partial charge >= 0.3 is 6.18 Å². The van der Waals surface area contributed by atoms with Crippen LogP contribution in [0.3, 0.4) is 0 Å². The maximum Gasteiger partial charge on any atom is 0.405 e. The molecule has 3 aromatic heterocycles. The summed E-state index contributed by atoms with van der Waals surface area (Å²) < 4.78 is 57.6. The van der Waals surface area contributed by atoms with E-state index in [0.717, 1.165) is 16.7 Å². The molecule has 2 aliphatic heterocycles. The number of carbonyl (C=O) groups is 2. The third-order valence-corrected chi connectivity index (χ3v) is 10.9. The standard InChI is InChI=1S/C43H45ClF3N5O7/c1-26-14-15-48-20-34(26)39-13-10-31(58-39)19-28(41(55)50-40-33-4-2-3-5-38(33)57-24-36(40)54)18-30(53)21-52-17-16-51(23-35(52)42(56)49-25-43(45,46)47)22-32-11-12-37(59-32)27-6-8-29(44)9-7-27/h2-15,20,28,30,35-36,40,53-54H,16-19,21-25H2,1H3,(H,49,56)(H,50,55). The number of ether oxygens (including phenoxy) is 1. The van der Waals surface area contributed by atoms with Crippen LogP contribution in [0.25, 0.3) is 22.6 Å². The van der Waals surface area contributed by atoms with Crippen molar-refractivity contribution >= 4 is 23.4 Å². The van der Waals surface area contributed by atoms with Crippen LogP contribution in [0.2, 0.25) is 5.02 Å². The Morgan fingerprint density at radius 2 is 1.73 bits per heavy atom. The Balaban J connectivity index is 1.07. The summed E-state index contributed by atoms with van der Waals surface area (Å²) in [5.74, 6) is 0.601. The predicted molar refractivity (Wildman–Crippen MR) is 212 cm³/mol. The first-order valence-electron chi connectivity index (χ1n) is 19.3. The van der Waals surface area contributed by atoms with Gasteiger partial charge in [0, 0.05) is 72.6 Å². The van der Waals surface area contributed by atoms with Gasteiger partial charge in [0.1, 0.15) is 54.1 Å². The molecule has 59 heavy (non-hydrogen) atoms. The molecule has 4 N–H and O–H groups in total. The Hall–Kier alpha value is -5.19. The first kappa shape index (κ1) is 42.0. The van der Waals surface area contributed by atoms with Crippen molar-refractivity contribution in [2.45, 2.75) is 56.8 Å². The molecular formula is C43H45ClF3N5O7. The zero-order chi connectivity index (χ0) is 41.7. The topological polar surface area (TPSA) is 154 Å². The number of amides is 2. The van der Waals surface area contributed by atoms with Crippen LogP contribution in [0.5, 0.6) is 5.75 Å². The minimum atomic E-state index is -4.62. The van der Waals surface area contributed by atoms with E-state index >= 15 is 0 Å². The highest BCUT2D eigenvalue weighted by atomic mass is 35.5. The lowest BCUT2D eigenvalue weighted by Gasteiger charge is -2.41. The molecule has 16 heteroatoms. The van der Waals surface area contributed by atoms with Crippen molar-refractivity contribution in [3.05, 3.63) is 119 Å². The third kappa shape index (κ3) is 10.7.